The quantitative estimate of drug-likeness (QED) is 0.780. The van der Waals surface area contributed by atoms with Crippen LogP contribution in [0.5, 0.6) is 0 Å². The molecule has 0 aliphatic carbocycles. The Hall–Kier alpha value is -0.380. The van der Waals surface area contributed by atoms with Crippen molar-refractivity contribution < 1.29 is 5.11 Å². The Labute approximate surface area is 99.8 Å². The van der Waals surface area contributed by atoms with Crippen LogP contribution >= 0.6 is 15.9 Å². The van der Waals surface area contributed by atoms with Crippen molar-refractivity contribution in [3.63, 3.8) is 0 Å². The molecule has 0 atom stereocenters. The van der Waals surface area contributed by atoms with Gasteiger partial charge in [-0.15, -0.1) is 0 Å². The van der Waals surface area contributed by atoms with Crippen LogP contribution in [0.1, 0.15) is 24.0 Å². The van der Waals surface area contributed by atoms with E-state index < -0.39 is 0 Å². The van der Waals surface area contributed by atoms with Gasteiger partial charge >= 0.3 is 0 Å². The topological polar surface area (TPSA) is 32.3 Å². The summed E-state index contributed by atoms with van der Waals surface area (Å²) in [6.45, 7) is 4.26. The molecule has 0 fully saturated rings. The van der Waals surface area contributed by atoms with Crippen molar-refractivity contribution in [1.82, 2.24) is 5.32 Å². The van der Waals surface area contributed by atoms with Gasteiger partial charge in [0.2, 0.25) is 0 Å². The number of aryl methyl sites for hydroxylation is 1. The van der Waals surface area contributed by atoms with Crippen LogP contribution in [0.15, 0.2) is 22.7 Å². The number of unbranched alkanes of at least 4 members (excludes halogenated alkanes) is 1. The zero-order valence-electron chi connectivity index (χ0n) is 9.09. The number of hydrogen-bond acceptors (Lipinski definition) is 2. The van der Waals surface area contributed by atoms with Gasteiger partial charge < -0.3 is 10.4 Å². The van der Waals surface area contributed by atoms with Crippen molar-refractivity contribution in [2.75, 3.05) is 13.2 Å². The maximum Gasteiger partial charge on any atom is 0.0431 e. The van der Waals surface area contributed by atoms with Crippen molar-refractivity contribution in [1.29, 1.82) is 0 Å². The number of hydrogen-bond donors (Lipinski definition) is 2. The second kappa shape index (κ2) is 6.99. The van der Waals surface area contributed by atoms with E-state index in [-0.39, 0.29) is 0 Å². The summed E-state index contributed by atoms with van der Waals surface area (Å²) in [5.74, 6) is 0. The Kier molecular flexibility index (Phi) is 5.91. The van der Waals surface area contributed by atoms with E-state index in [2.05, 4.69) is 46.4 Å². The standard InChI is InChI=1S/C12H18BrNO/c1-10-8-11(4-5-12(10)13)9-14-6-2-3-7-15/h4-5,8,14-15H,2-3,6-7,9H2,1H3. The van der Waals surface area contributed by atoms with Gasteiger partial charge in [-0.3, -0.25) is 0 Å². The van der Waals surface area contributed by atoms with E-state index in [1.165, 1.54) is 11.1 Å². The number of benzene rings is 1. The molecule has 2 nitrogen and oxygen atoms in total. The van der Waals surface area contributed by atoms with Gasteiger partial charge in [0.15, 0.2) is 0 Å². The monoisotopic (exact) mass is 271 g/mol. The fraction of sp³-hybridized carbons (Fsp3) is 0.500. The zero-order chi connectivity index (χ0) is 11.1. The summed E-state index contributed by atoms with van der Waals surface area (Å²) in [6, 6.07) is 6.39. The second-order valence-corrected chi connectivity index (χ2v) is 4.55. The molecule has 15 heavy (non-hydrogen) atoms. The highest BCUT2D eigenvalue weighted by Crippen LogP contribution is 2.16. The van der Waals surface area contributed by atoms with E-state index in [0.29, 0.717) is 6.61 Å². The second-order valence-electron chi connectivity index (χ2n) is 3.69. The Morgan fingerprint density at radius 3 is 2.80 bits per heavy atom. The fourth-order valence-corrected chi connectivity index (χ4v) is 1.66. The molecule has 1 rings (SSSR count). The molecule has 0 amide bonds. The molecule has 2 N–H and O–H groups in total. The smallest absolute Gasteiger partial charge is 0.0431 e. The van der Waals surface area contributed by atoms with Crippen LogP contribution in [0.2, 0.25) is 0 Å². The van der Waals surface area contributed by atoms with Crippen LogP contribution in [0.4, 0.5) is 0 Å². The van der Waals surface area contributed by atoms with Crippen LogP contribution in [0.3, 0.4) is 0 Å². The van der Waals surface area contributed by atoms with Gasteiger partial charge in [-0.05, 0) is 43.5 Å². The fourth-order valence-electron chi connectivity index (χ4n) is 1.41. The largest absolute Gasteiger partial charge is 0.396 e. The first kappa shape index (κ1) is 12.7. The molecule has 0 aromatic heterocycles. The Morgan fingerprint density at radius 1 is 1.33 bits per heavy atom. The minimum absolute atomic E-state index is 0.291. The van der Waals surface area contributed by atoms with E-state index in [1.54, 1.807) is 0 Å². The predicted octanol–water partition coefficient (Wildman–Crippen LogP) is 2.62. The van der Waals surface area contributed by atoms with Gasteiger partial charge in [0.1, 0.15) is 0 Å². The lowest BCUT2D eigenvalue weighted by molar-refractivity contribution is 0.283. The first-order chi connectivity index (χ1) is 7.24. The van der Waals surface area contributed by atoms with Gasteiger partial charge in [0.25, 0.3) is 0 Å². The van der Waals surface area contributed by atoms with Crippen molar-refractivity contribution in [3.05, 3.63) is 33.8 Å². The van der Waals surface area contributed by atoms with Crippen LogP contribution in [0, 0.1) is 6.92 Å². The van der Waals surface area contributed by atoms with E-state index in [0.717, 1.165) is 30.4 Å². The third kappa shape index (κ3) is 4.78. The number of nitrogens with one attached hydrogen (secondary N) is 1. The normalized spacial score (nSPS) is 10.6. The van der Waals surface area contributed by atoms with Crippen LogP contribution < -0.4 is 5.32 Å². The van der Waals surface area contributed by atoms with Gasteiger partial charge in [-0.1, -0.05) is 28.1 Å². The number of halogens is 1. The molecule has 0 bridgehead atoms. The molecule has 3 heteroatoms. The molecular weight excluding hydrogens is 254 g/mol. The summed E-state index contributed by atoms with van der Waals surface area (Å²) < 4.78 is 1.16. The molecule has 0 unspecified atom stereocenters. The minimum Gasteiger partial charge on any atom is -0.396 e. The summed E-state index contributed by atoms with van der Waals surface area (Å²) in [5.41, 5.74) is 2.57. The Bertz CT molecular complexity index is 302. The summed E-state index contributed by atoms with van der Waals surface area (Å²) in [6.07, 6.45) is 1.92. The summed E-state index contributed by atoms with van der Waals surface area (Å²) in [4.78, 5) is 0. The average Bonchev–Trinajstić information content (AvgIpc) is 2.23. The van der Waals surface area contributed by atoms with Crippen molar-refractivity contribution in [3.8, 4) is 0 Å². The van der Waals surface area contributed by atoms with Gasteiger partial charge in [-0.25, -0.2) is 0 Å². The summed E-state index contributed by atoms with van der Waals surface area (Å²) in [7, 11) is 0. The maximum absolute atomic E-state index is 8.62. The van der Waals surface area contributed by atoms with Crippen molar-refractivity contribution in [2.24, 2.45) is 0 Å². The average molecular weight is 272 g/mol. The molecule has 84 valence electrons. The van der Waals surface area contributed by atoms with Crippen LogP contribution in [-0.2, 0) is 6.54 Å². The highest BCUT2D eigenvalue weighted by Gasteiger charge is 1.96. The molecule has 0 saturated carbocycles. The summed E-state index contributed by atoms with van der Waals surface area (Å²) >= 11 is 3.48. The molecule has 0 saturated heterocycles. The maximum atomic E-state index is 8.62. The lowest BCUT2D eigenvalue weighted by Gasteiger charge is -2.06. The summed E-state index contributed by atoms with van der Waals surface area (Å²) in [5, 5.41) is 12.0. The molecule has 0 aliphatic heterocycles. The Morgan fingerprint density at radius 2 is 2.13 bits per heavy atom. The van der Waals surface area contributed by atoms with E-state index in [1.807, 2.05) is 0 Å². The predicted molar refractivity (Wildman–Crippen MR) is 66.9 cm³/mol. The zero-order valence-corrected chi connectivity index (χ0v) is 10.7. The number of rotatable bonds is 6. The van der Waals surface area contributed by atoms with Gasteiger partial charge in [0, 0.05) is 17.6 Å². The highest BCUT2D eigenvalue weighted by molar-refractivity contribution is 9.10. The molecule has 1 aromatic carbocycles. The third-order valence-electron chi connectivity index (χ3n) is 2.31. The number of aliphatic hydroxyl groups is 1. The molecular formula is C12H18BrNO. The van der Waals surface area contributed by atoms with Crippen molar-refractivity contribution in [2.45, 2.75) is 26.3 Å². The van der Waals surface area contributed by atoms with E-state index in [4.69, 9.17) is 5.11 Å². The van der Waals surface area contributed by atoms with E-state index in [9.17, 15) is 0 Å². The molecule has 0 heterocycles. The first-order valence-electron chi connectivity index (χ1n) is 5.30. The molecule has 0 spiro atoms. The van der Waals surface area contributed by atoms with Crippen molar-refractivity contribution >= 4 is 15.9 Å². The minimum atomic E-state index is 0.291. The van der Waals surface area contributed by atoms with Crippen LogP contribution in [-0.4, -0.2) is 18.3 Å². The first-order valence-corrected chi connectivity index (χ1v) is 6.10. The van der Waals surface area contributed by atoms with E-state index >= 15 is 0 Å². The SMILES string of the molecule is Cc1cc(CNCCCCO)ccc1Br. The molecule has 0 aliphatic rings. The van der Waals surface area contributed by atoms with Crippen LogP contribution in [0.25, 0.3) is 0 Å². The Balaban J connectivity index is 2.28. The lowest BCUT2D eigenvalue weighted by atomic mass is 10.1. The third-order valence-corrected chi connectivity index (χ3v) is 3.20. The van der Waals surface area contributed by atoms with Gasteiger partial charge in [0.05, 0.1) is 0 Å². The number of aliphatic hydroxyl groups excluding tert-OH is 1. The molecule has 1 aromatic rings. The lowest BCUT2D eigenvalue weighted by Crippen LogP contribution is -2.15. The van der Waals surface area contributed by atoms with Gasteiger partial charge in [-0.2, -0.15) is 0 Å². The molecule has 0 radical (unpaired) electrons. The highest BCUT2D eigenvalue weighted by atomic mass is 79.9.